The Morgan fingerprint density at radius 2 is 2.24 bits per heavy atom. The molecule has 0 saturated heterocycles. The fraction of sp³-hybridized carbons (Fsp3) is 0.364. The van der Waals surface area contributed by atoms with Crippen molar-refractivity contribution in [2.75, 3.05) is 18.4 Å². The number of pyridine rings is 1. The Balaban J connectivity index is 2.00. The molecule has 2 heterocycles. The standard InChI is InChI=1S/C11H15N5O/c1-8-4-3-5-10-14-11(15-16(8)10)13-7-6-12-9(2)17/h3-5H,6-7H2,1-2H3,(H,12,17)(H,13,15). The van der Waals surface area contributed by atoms with Crippen molar-refractivity contribution in [3.05, 3.63) is 23.9 Å². The molecule has 0 spiro atoms. The quantitative estimate of drug-likeness (QED) is 0.758. The van der Waals surface area contributed by atoms with E-state index in [0.29, 0.717) is 19.0 Å². The average Bonchev–Trinajstić information content (AvgIpc) is 2.69. The maximum absolute atomic E-state index is 10.7. The summed E-state index contributed by atoms with van der Waals surface area (Å²) in [7, 11) is 0. The lowest BCUT2D eigenvalue weighted by atomic mass is 10.4. The van der Waals surface area contributed by atoms with Crippen LogP contribution in [0.4, 0.5) is 5.95 Å². The molecule has 6 nitrogen and oxygen atoms in total. The zero-order valence-corrected chi connectivity index (χ0v) is 9.90. The molecular weight excluding hydrogens is 218 g/mol. The number of nitrogens with zero attached hydrogens (tertiary/aromatic N) is 3. The van der Waals surface area contributed by atoms with Crippen LogP contribution in [-0.4, -0.2) is 33.6 Å². The van der Waals surface area contributed by atoms with Crippen molar-refractivity contribution < 1.29 is 4.79 Å². The number of rotatable bonds is 4. The summed E-state index contributed by atoms with van der Waals surface area (Å²) in [5.74, 6) is 0.537. The van der Waals surface area contributed by atoms with Gasteiger partial charge in [-0.05, 0) is 19.1 Å². The summed E-state index contributed by atoms with van der Waals surface area (Å²) in [5, 5.41) is 10.1. The third kappa shape index (κ3) is 2.72. The molecule has 0 aliphatic heterocycles. The van der Waals surface area contributed by atoms with Crippen LogP contribution in [0.1, 0.15) is 12.6 Å². The van der Waals surface area contributed by atoms with Gasteiger partial charge in [-0.1, -0.05) is 6.07 Å². The molecule has 0 atom stereocenters. The number of amides is 1. The normalized spacial score (nSPS) is 10.5. The molecule has 2 rings (SSSR count). The van der Waals surface area contributed by atoms with Gasteiger partial charge >= 0.3 is 0 Å². The molecule has 17 heavy (non-hydrogen) atoms. The Bertz CT molecular complexity index is 534. The van der Waals surface area contributed by atoms with E-state index in [4.69, 9.17) is 0 Å². The molecule has 0 fully saturated rings. The van der Waals surface area contributed by atoms with Gasteiger partial charge in [-0.25, -0.2) is 4.52 Å². The van der Waals surface area contributed by atoms with Gasteiger partial charge in [-0.15, -0.1) is 5.10 Å². The number of aromatic nitrogens is 3. The summed E-state index contributed by atoms with van der Waals surface area (Å²) in [5.41, 5.74) is 1.84. The van der Waals surface area contributed by atoms with E-state index in [0.717, 1.165) is 11.3 Å². The Labute approximate surface area is 99.0 Å². The maximum Gasteiger partial charge on any atom is 0.243 e. The van der Waals surface area contributed by atoms with Crippen molar-refractivity contribution in [2.45, 2.75) is 13.8 Å². The Kier molecular flexibility index (Phi) is 3.22. The van der Waals surface area contributed by atoms with E-state index in [1.807, 2.05) is 25.1 Å². The Morgan fingerprint density at radius 3 is 2.94 bits per heavy atom. The summed E-state index contributed by atoms with van der Waals surface area (Å²) >= 11 is 0. The van der Waals surface area contributed by atoms with Gasteiger partial charge in [-0.2, -0.15) is 4.98 Å². The first kappa shape index (κ1) is 11.4. The summed E-state index contributed by atoms with van der Waals surface area (Å²) in [6.07, 6.45) is 0. The minimum Gasteiger partial charge on any atom is -0.355 e. The minimum atomic E-state index is -0.0365. The van der Waals surface area contributed by atoms with Gasteiger partial charge in [0.25, 0.3) is 0 Å². The van der Waals surface area contributed by atoms with Crippen molar-refractivity contribution in [3.8, 4) is 0 Å². The van der Waals surface area contributed by atoms with E-state index < -0.39 is 0 Å². The number of anilines is 1. The number of nitrogens with one attached hydrogen (secondary N) is 2. The molecule has 1 amide bonds. The second-order valence-electron chi connectivity index (χ2n) is 3.78. The fourth-order valence-electron chi connectivity index (χ4n) is 1.52. The number of carbonyl (C=O) groups excluding carboxylic acids is 1. The van der Waals surface area contributed by atoms with Crippen LogP contribution in [0.2, 0.25) is 0 Å². The molecule has 0 aliphatic rings. The van der Waals surface area contributed by atoms with Crippen molar-refractivity contribution in [1.82, 2.24) is 19.9 Å². The SMILES string of the molecule is CC(=O)NCCNc1nc2cccc(C)n2n1. The van der Waals surface area contributed by atoms with Crippen LogP contribution in [0.3, 0.4) is 0 Å². The smallest absolute Gasteiger partial charge is 0.243 e. The molecule has 0 saturated carbocycles. The summed E-state index contributed by atoms with van der Waals surface area (Å²) in [4.78, 5) is 15.0. The number of aryl methyl sites for hydroxylation is 1. The molecule has 0 unspecified atom stereocenters. The first-order valence-corrected chi connectivity index (χ1v) is 5.47. The van der Waals surface area contributed by atoms with Gasteiger partial charge in [0.15, 0.2) is 5.65 Å². The van der Waals surface area contributed by atoms with Gasteiger partial charge < -0.3 is 10.6 Å². The highest BCUT2D eigenvalue weighted by molar-refractivity contribution is 5.72. The molecule has 0 aromatic carbocycles. The zero-order chi connectivity index (χ0) is 12.3. The van der Waals surface area contributed by atoms with Crippen LogP contribution in [-0.2, 0) is 4.79 Å². The number of carbonyl (C=O) groups is 1. The number of hydrogen-bond donors (Lipinski definition) is 2. The Hall–Kier alpha value is -2.11. The first-order chi connectivity index (χ1) is 8.16. The minimum absolute atomic E-state index is 0.0365. The van der Waals surface area contributed by atoms with Crippen LogP contribution in [0.25, 0.3) is 5.65 Å². The molecule has 0 bridgehead atoms. The van der Waals surface area contributed by atoms with Gasteiger partial charge in [0, 0.05) is 25.7 Å². The lowest BCUT2D eigenvalue weighted by molar-refractivity contribution is -0.118. The zero-order valence-electron chi connectivity index (χ0n) is 9.90. The largest absolute Gasteiger partial charge is 0.355 e. The van der Waals surface area contributed by atoms with Crippen LogP contribution >= 0.6 is 0 Å². The summed E-state index contributed by atoms with van der Waals surface area (Å²) < 4.78 is 1.78. The second-order valence-corrected chi connectivity index (χ2v) is 3.78. The fourth-order valence-corrected chi connectivity index (χ4v) is 1.52. The molecule has 6 heteroatoms. The highest BCUT2D eigenvalue weighted by Crippen LogP contribution is 2.07. The molecule has 2 aromatic heterocycles. The highest BCUT2D eigenvalue weighted by atomic mass is 16.1. The van der Waals surface area contributed by atoms with Crippen LogP contribution < -0.4 is 10.6 Å². The highest BCUT2D eigenvalue weighted by Gasteiger charge is 2.03. The van der Waals surface area contributed by atoms with Gasteiger partial charge in [0.05, 0.1) is 0 Å². The third-order valence-electron chi connectivity index (χ3n) is 2.33. The van der Waals surface area contributed by atoms with E-state index in [9.17, 15) is 4.79 Å². The van der Waals surface area contributed by atoms with Crippen LogP contribution in [0, 0.1) is 6.92 Å². The summed E-state index contributed by atoms with van der Waals surface area (Å²) in [6, 6.07) is 5.82. The van der Waals surface area contributed by atoms with Crippen molar-refractivity contribution in [2.24, 2.45) is 0 Å². The number of fused-ring (bicyclic) bond motifs is 1. The molecule has 2 N–H and O–H groups in total. The lowest BCUT2D eigenvalue weighted by Gasteiger charge is -2.01. The van der Waals surface area contributed by atoms with E-state index >= 15 is 0 Å². The topological polar surface area (TPSA) is 71.3 Å². The maximum atomic E-state index is 10.7. The van der Waals surface area contributed by atoms with E-state index in [1.165, 1.54) is 6.92 Å². The molecule has 0 aliphatic carbocycles. The molecular formula is C11H15N5O. The van der Waals surface area contributed by atoms with E-state index in [1.54, 1.807) is 4.52 Å². The molecule has 2 aromatic rings. The molecule has 0 radical (unpaired) electrons. The monoisotopic (exact) mass is 233 g/mol. The van der Waals surface area contributed by atoms with E-state index in [2.05, 4.69) is 20.7 Å². The average molecular weight is 233 g/mol. The number of hydrogen-bond acceptors (Lipinski definition) is 4. The first-order valence-electron chi connectivity index (χ1n) is 5.47. The second kappa shape index (κ2) is 4.82. The van der Waals surface area contributed by atoms with Gasteiger partial charge in [0.1, 0.15) is 0 Å². The lowest BCUT2D eigenvalue weighted by Crippen LogP contribution is -2.26. The summed E-state index contributed by atoms with van der Waals surface area (Å²) in [6.45, 7) is 4.63. The Morgan fingerprint density at radius 1 is 1.41 bits per heavy atom. The van der Waals surface area contributed by atoms with Crippen molar-refractivity contribution in [1.29, 1.82) is 0 Å². The van der Waals surface area contributed by atoms with Crippen molar-refractivity contribution in [3.63, 3.8) is 0 Å². The molecule has 90 valence electrons. The predicted octanol–water partition coefficient (Wildman–Crippen LogP) is 0.586. The van der Waals surface area contributed by atoms with Crippen LogP contribution in [0.15, 0.2) is 18.2 Å². The predicted molar refractivity (Wildman–Crippen MR) is 64.9 cm³/mol. The van der Waals surface area contributed by atoms with Crippen LogP contribution in [0.5, 0.6) is 0 Å². The van der Waals surface area contributed by atoms with Crippen molar-refractivity contribution >= 4 is 17.5 Å². The van der Waals surface area contributed by atoms with Gasteiger partial charge in [0.2, 0.25) is 11.9 Å². The van der Waals surface area contributed by atoms with E-state index in [-0.39, 0.29) is 5.91 Å². The van der Waals surface area contributed by atoms with Gasteiger partial charge in [-0.3, -0.25) is 4.79 Å². The third-order valence-corrected chi connectivity index (χ3v) is 2.33.